The fourth-order valence-electron chi connectivity index (χ4n) is 3.10. The van der Waals surface area contributed by atoms with Gasteiger partial charge < -0.3 is 25.4 Å². The van der Waals surface area contributed by atoms with Crippen LogP contribution in [0.15, 0.2) is 12.7 Å². The summed E-state index contributed by atoms with van der Waals surface area (Å²) < 4.78 is 13.1. The molecule has 2 aromatic heterocycles. The van der Waals surface area contributed by atoms with Crippen LogP contribution in [0.1, 0.15) is 6.23 Å². The van der Waals surface area contributed by atoms with E-state index in [1.807, 2.05) is 0 Å². The molecule has 2 aliphatic rings. The molecular formula is C12H15N5O4. The number of aromatic nitrogens is 4. The van der Waals surface area contributed by atoms with Crippen molar-refractivity contribution >= 4 is 17.0 Å². The van der Waals surface area contributed by atoms with Gasteiger partial charge >= 0.3 is 0 Å². The van der Waals surface area contributed by atoms with E-state index in [1.54, 1.807) is 10.9 Å². The van der Waals surface area contributed by atoms with E-state index >= 15 is 0 Å². The van der Waals surface area contributed by atoms with E-state index in [1.165, 1.54) is 6.33 Å². The number of imidazole rings is 1. The van der Waals surface area contributed by atoms with Crippen molar-refractivity contribution in [2.45, 2.75) is 17.9 Å². The van der Waals surface area contributed by atoms with Crippen LogP contribution in [0.4, 0.5) is 5.82 Å². The summed E-state index contributed by atoms with van der Waals surface area (Å²) in [7, 11) is 0. The number of nitrogen functional groups attached to an aromatic ring is 1. The van der Waals surface area contributed by atoms with Crippen molar-refractivity contribution in [2.24, 2.45) is 5.92 Å². The van der Waals surface area contributed by atoms with Gasteiger partial charge in [-0.05, 0) is 0 Å². The molecule has 0 unspecified atom stereocenters. The van der Waals surface area contributed by atoms with E-state index < -0.39 is 17.9 Å². The summed E-state index contributed by atoms with van der Waals surface area (Å²) in [5, 5.41) is 20.0. The predicted molar refractivity (Wildman–Crippen MR) is 70.0 cm³/mol. The van der Waals surface area contributed by atoms with Gasteiger partial charge in [-0.2, -0.15) is 0 Å². The number of anilines is 1. The average molecular weight is 293 g/mol. The molecule has 0 aliphatic carbocycles. The highest BCUT2D eigenvalue weighted by molar-refractivity contribution is 5.81. The summed E-state index contributed by atoms with van der Waals surface area (Å²) in [6.07, 6.45) is 1.58. The Kier molecular flexibility index (Phi) is 2.67. The fraction of sp³-hybridized carbons (Fsp3) is 0.583. The summed E-state index contributed by atoms with van der Waals surface area (Å²) in [6.45, 7) is 0.181. The van der Waals surface area contributed by atoms with Crippen LogP contribution in [0.3, 0.4) is 0 Å². The monoisotopic (exact) mass is 293 g/mol. The van der Waals surface area contributed by atoms with Crippen LogP contribution in [0.25, 0.3) is 11.2 Å². The molecule has 0 saturated carbocycles. The third kappa shape index (κ3) is 1.62. The van der Waals surface area contributed by atoms with Gasteiger partial charge in [0.05, 0.1) is 38.2 Å². The molecule has 2 saturated heterocycles. The van der Waals surface area contributed by atoms with Crippen LogP contribution in [-0.2, 0) is 9.47 Å². The first kappa shape index (κ1) is 12.9. The maximum Gasteiger partial charge on any atom is 0.167 e. The predicted octanol–water partition coefficient (Wildman–Crippen LogP) is -1.32. The molecule has 9 nitrogen and oxygen atoms in total. The zero-order valence-corrected chi connectivity index (χ0v) is 11.1. The minimum absolute atomic E-state index is 0.154. The Morgan fingerprint density at radius 1 is 1.43 bits per heavy atom. The summed E-state index contributed by atoms with van der Waals surface area (Å²) in [6, 6.07) is 0. The lowest BCUT2D eigenvalue weighted by Crippen LogP contribution is -2.52. The van der Waals surface area contributed by atoms with Gasteiger partial charge in [0.25, 0.3) is 0 Å². The SMILES string of the molecule is Nc1ncnc2c1ncn2[C@@H]1O[C@@]2(CO)COC[C@@H]1[C@@H]2O. The maximum absolute atomic E-state index is 10.4. The van der Waals surface area contributed by atoms with Gasteiger partial charge in [0.15, 0.2) is 11.5 Å². The van der Waals surface area contributed by atoms with Crippen LogP contribution in [0.5, 0.6) is 0 Å². The molecule has 112 valence electrons. The smallest absolute Gasteiger partial charge is 0.167 e. The number of fused-ring (bicyclic) bond motifs is 3. The van der Waals surface area contributed by atoms with Gasteiger partial charge in [0, 0.05) is 0 Å². The van der Waals surface area contributed by atoms with Crippen molar-refractivity contribution in [3.63, 3.8) is 0 Å². The van der Waals surface area contributed by atoms with Crippen molar-refractivity contribution in [2.75, 3.05) is 25.6 Å². The maximum atomic E-state index is 10.4. The van der Waals surface area contributed by atoms with Gasteiger partial charge in [-0.3, -0.25) is 4.57 Å². The number of hydrogen-bond donors (Lipinski definition) is 3. The second-order valence-electron chi connectivity index (χ2n) is 5.44. The molecule has 4 rings (SSSR count). The number of rotatable bonds is 2. The summed E-state index contributed by atoms with van der Waals surface area (Å²) >= 11 is 0. The Balaban J connectivity index is 1.81. The van der Waals surface area contributed by atoms with Crippen molar-refractivity contribution in [1.82, 2.24) is 19.5 Å². The fourth-order valence-corrected chi connectivity index (χ4v) is 3.10. The first-order valence-electron chi connectivity index (χ1n) is 6.64. The number of aliphatic hydroxyl groups excluding tert-OH is 2. The molecule has 4 N–H and O–H groups in total. The van der Waals surface area contributed by atoms with E-state index in [0.29, 0.717) is 17.8 Å². The highest BCUT2D eigenvalue weighted by atomic mass is 16.6. The molecule has 4 atom stereocenters. The van der Waals surface area contributed by atoms with Gasteiger partial charge in [0.2, 0.25) is 0 Å². The lowest BCUT2D eigenvalue weighted by molar-refractivity contribution is -0.163. The lowest BCUT2D eigenvalue weighted by atomic mass is 9.89. The normalized spacial score (nSPS) is 35.4. The number of nitrogens with zero attached hydrogens (tertiary/aromatic N) is 4. The van der Waals surface area contributed by atoms with Gasteiger partial charge in [-0.25, -0.2) is 15.0 Å². The van der Waals surface area contributed by atoms with E-state index in [2.05, 4.69) is 15.0 Å². The van der Waals surface area contributed by atoms with Crippen LogP contribution in [-0.4, -0.2) is 61.3 Å². The molecular weight excluding hydrogens is 278 g/mol. The zero-order valence-electron chi connectivity index (χ0n) is 11.1. The minimum Gasteiger partial charge on any atom is -0.393 e. The lowest BCUT2D eigenvalue weighted by Gasteiger charge is -2.33. The van der Waals surface area contributed by atoms with E-state index in [-0.39, 0.29) is 24.9 Å². The molecule has 2 aliphatic heterocycles. The summed E-state index contributed by atoms with van der Waals surface area (Å²) in [5.41, 5.74) is 5.69. The standard InChI is InChI=1S/C12H15N5O4/c13-9-7-10(15-4-14-9)17(5-16-7)11-6-1-20-3-12(2-18,21-11)8(6)19/h4-6,8,11,18-19H,1-3H2,(H2,13,14,15)/t6-,8+,11-,12+/m1/s1. The summed E-state index contributed by atoms with van der Waals surface area (Å²) in [4.78, 5) is 12.3. The molecule has 4 heterocycles. The molecule has 0 radical (unpaired) electrons. The second kappa shape index (κ2) is 4.34. The van der Waals surface area contributed by atoms with E-state index in [9.17, 15) is 10.2 Å². The van der Waals surface area contributed by atoms with Crippen molar-refractivity contribution in [1.29, 1.82) is 0 Å². The van der Waals surface area contributed by atoms with Gasteiger partial charge in [-0.15, -0.1) is 0 Å². The molecule has 0 aromatic carbocycles. The third-order valence-corrected chi connectivity index (χ3v) is 4.25. The topological polar surface area (TPSA) is 129 Å². The van der Waals surface area contributed by atoms with Crippen molar-refractivity contribution in [3.8, 4) is 0 Å². The zero-order chi connectivity index (χ0) is 14.6. The minimum atomic E-state index is -1.09. The van der Waals surface area contributed by atoms with Crippen LogP contribution in [0.2, 0.25) is 0 Å². The number of aliphatic hydroxyl groups is 2. The molecule has 9 heteroatoms. The van der Waals surface area contributed by atoms with Crippen LogP contribution in [0, 0.1) is 5.92 Å². The summed E-state index contributed by atoms with van der Waals surface area (Å²) in [5.74, 6) is -0.0205. The van der Waals surface area contributed by atoms with Crippen molar-refractivity contribution < 1.29 is 19.7 Å². The number of hydrogen-bond acceptors (Lipinski definition) is 8. The Labute approximate surface area is 119 Å². The van der Waals surface area contributed by atoms with Gasteiger partial charge in [0.1, 0.15) is 23.7 Å². The Morgan fingerprint density at radius 3 is 3.05 bits per heavy atom. The highest BCUT2D eigenvalue weighted by Gasteiger charge is 2.58. The van der Waals surface area contributed by atoms with E-state index in [4.69, 9.17) is 15.2 Å². The number of ether oxygens (including phenoxy) is 2. The second-order valence-corrected chi connectivity index (χ2v) is 5.44. The van der Waals surface area contributed by atoms with Crippen molar-refractivity contribution in [3.05, 3.63) is 12.7 Å². The molecule has 2 fully saturated rings. The average Bonchev–Trinajstić information content (AvgIpc) is 2.96. The van der Waals surface area contributed by atoms with Crippen LogP contribution < -0.4 is 5.73 Å². The first-order valence-corrected chi connectivity index (χ1v) is 6.64. The Morgan fingerprint density at radius 2 is 2.29 bits per heavy atom. The quantitative estimate of drug-likeness (QED) is 0.621. The molecule has 0 spiro atoms. The van der Waals surface area contributed by atoms with Crippen LogP contribution >= 0.6 is 0 Å². The third-order valence-electron chi connectivity index (χ3n) is 4.25. The Bertz CT molecular complexity index is 691. The van der Waals surface area contributed by atoms with Gasteiger partial charge in [-0.1, -0.05) is 0 Å². The molecule has 2 bridgehead atoms. The molecule has 0 amide bonds. The number of nitrogens with two attached hydrogens (primary N) is 1. The molecule has 2 aromatic rings. The molecule has 21 heavy (non-hydrogen) atoms. The first-order chi connectivity index (χ1) is 10.2. The Hall–Kier alpha value is -1.81. The highest BCUT2D eigenvalue weighted by Crippen LogP contribution is 2.45. The largest absolute Gasteiger partial charge is 0.393 e. The van der Waals surface area contributed by atoms with E-state index in [0.717, 1.165) is 0 Å².